The zero-order valence-corrected chi connectivity index (χ0v) is 11.6. The van der Waals surface area contributed by atoms with Gasteiger partial charge in [-0.1, -0.05) is 13.8 Å². The van der Waals surface area contributed by atoms with Gasteiger partial charge in [-0.2, -0.15) is 5.10 Å². The van der Waals surface area contributed by atoms with Gasteiger partial charge in [0.25, 0.3) is 6.43 Å². The normalized spacial score (nSPS) is 13.1. The van der Waals surface area contributed by atoms with Crippen molar-refractivity contribution < 1.29 is 13.5 Å². The maximum atomic E-state index is 12.0. The predicted molar refractivity (Wildman–Crippen MR) is 70.4 cm³/mol. The number of aromatic nitrogens is 2. The highest BCUT2D eigenvalue weighted by atomic mass is 19.3. The van der Waals surface area contributed by atoms with Gasteiger partial charge in [0.15, 0.2) is 0 Å². The van der Waals surface area contributed by atoms with Crippen LogP contribution in [-0.2, 0) is 11.3 Å². The molecular weight excluding hydrogens is 252 g/mol. The molecule has 0 bridgehead atoms. The second-order valence-electron chi connectivity index (χ2n) is 4.34. The van der Waals surface area contributed by atoms with Crippen LogP contribution in [0.3, 0.4) is 0 Å². The zero-order chi connectivity index (χ0) is 14.1. The highest BCUT2D eigenvalue weighted by Gasteiger charge is 2.15. The Balaban J connectivity index is 2.53. The molecule has 0 amide bonds. The quantitative estimate of drug-likeness (QED) is 0.667. The smallest absolute Gasteiger partial charge is 0.261 e. The molecule has 1 aromatic heterocycles. The molecule has 0 aliphatic heterocycles. The number of rotatable bonds is 10. The Morgan fingerprint density at radius 3 is 2.84 bits per heavy atom. The van der Waals surface area contributed by atoms with Crippen molar-refractivity contribution in [1.29, 1.82) is 0 Å². The van der Waals surface area contributed by atoms with E-state index in [1.54, 1.807) is 6.20 Å². The van der Waals surface area contributed by atoms with Crippen molar-refractivity contribution in [3.05, 3.63) is 18.0 Å². The van der Waals surface area contributed by atoms with Crippen LogP contribution in [0.25, 0.3) is 0 Å². The maximum Gasteiger partial charge on any atom is 0.261 e. The summed E-state index contributed by atoms with van der Waals surface area (Å²) in [6, 6.07) is 2.06. The first-order valence-corrected chi connectivity index (χ1v) is 6.80. The molecule has 0 aromatic carbocycles. The number of ether oxygens (including phenoxy) is 1. The minimum atomic E-state index is -2.40. The molecule has 0 spiro atoms. The van der Waals surface area contributed by atoms with Gasteiger partial charge in [0.2, 0.25) is 0 Å². The molecule has 1 rings (SSSR count). The minimum absolute atomic E-state index is 0.0942. The summed E-state index contributed by atoms with van der Waals surface area (Å²) in [7, 11) is 0. The van der Waals surface area contributed by atoms with E-state index in [9.17, 15) is 8.78 Å². The van der Waals surface area contributed by atoms with E-state index in [2.05, 4.69) is 17.3 Å². The van der Waals surface area contributed by atoms with Crippen LogP contribution < -0.4 is 5.32 Å². The van der Waals surface area contributed by atoms with Crippen molar-refractivity contribution in [2.45, 2.75) is 45.7 Å². The van der Waals surface area contributed by atoms with E-state index < -0.39 is 13.0 Å². The first kappa shape index (κ1) is 16.0. The Bertz CT molecular complexity index is 344. The predicted octanol–water partition coefficient (Wildman–Crippen LogP) is 2.62. The van der Waals surface area contributed by atoms with Gasteiger partial charge < -0.3 is 10.1 Å². The second-order valence-corrected chi connectivity index (χ2v) is 4.34. The van der Waals surface area contributed by atoms with Crippen molar-refractivity contribution in [3.8, 4) is 0 Å². The Kier molecular flexibility index (Phi) is 7.59. The fourth-order valence-electron chi connectivity index (χ4n) is 2.01. The van der Waals surface area contributed by atoms with Gasteiger partial charge in [-0.3, -0.25) is 4.68 Å². The van der Waals surface area contributed by atoms with E-state index in [4.69, 9.17) is 4.74 Å². The van der Waals surface area contributed by atoms with E-state index in [1.807, 2.05) is 17.7 Å². The summed E-state index contributed by atoms with van der Waals surface area (Å²) in [5.41, 5.74) is 1.09. The lowest BCUT2D eigenvalue weighted by molar-refractivity contribution is 0.0142. The third-order valence-electron chi connectivity index (χ3n) is 2.79. The van der Waals surface area contributed by atoms with Crippen LogP contribution in [-0.4, -0.2) is 36.0 Å². The summed E-state index contributed by atoms with van der Waals surface area (Å²) in [4.78, 5) is 0. The van der Waals surface area contributed by atoms with Gasteiger partial charge in [0.05, 0.1) is 11.7 Å². The van der Waals surface area contributed by atoms with Crippen molar-refractivity contribution >= 4 is 0 Å². The molecule has 0 radical (unpaired) electrons. The average molecular weight is 275 g/mol. The summed E-state index contributed by atoms with van der Waals surface area (Å²) >= 11 is 0. The Morgan fingerprint density at radius 2 is 2.21 bits per heavy atom. The molecule has 1 atom stereocenters. The molecule has 6 heteroatoms. The third kappa shape index (κ3) is 5.65. The van der Waals surface area contributed by atoms with Crippen LogP contribution in [0.2, 0.25) is 0 Å². The van der Waals surface area contributed by atoms with Crippen LogP contribution >= 0.6 is 0 Å². The topological polar surface area (TPSA) is 39.1 Å². The monoisotopic (exact) mass is 275 g/mol. The molecular formula is C13H23F2N3O. The maximum absolute atomic E-state index is 12.0. The first-order chi connectivity index (χ1) is 9.19. The van der Waals surface area contributed by atoms with Gasteiger partial charge in [-0.25, -0.2) is 8.78 Å². The fraction of sp³-hybridized carbons (Fsp3) is 0.769. The average Bonchev–Trinajstić information content (AvgIpc) is 2.81. The number of nitrogens with zero attached hydrogens (tertiary/aromatic N) is 2. The summed E-state index contributed by atoms with van der Waals surface area (Å²) < 4.78 is 30.9. The molecule has 0 saturated heterocycles. The second kappa shape index (κ2) is 8.98. The molecule has 0 saturated carbocycles. The Labute approximate surface area is 113 Å². The van der Waals surface area contributed by atoms with Crippen molar-refractivity contribution in [1.82, 2.24) is 15.1 Å². The lowest BCUT2D eigenvalue weighted by atomic mass is 10.1. The summed E-state index contributed by atoms with van der Waals surface area (Å²) in [6.45, 7) is 5.62. The van der Waals surface area contributed by atoms with E-state index in [0.717, 1.165) is 25.2 Å². The van der Waals surface area contributed by atoms with E-state index in [1.165, 1.54) is 0 Å². The Morgan fingerprint density at radius 1 is 1.42 bits per heavy atom. The highest BCUT2D eigenvalue weighted by Crippen LogP contribution is 2.17. The highest BCUT2D eigenvalue weighted by molar-refractivity contribution is 5.07. The Hall–Kier alpha value is -1.01. The fourth-order valence-corrected chi connectivity index (χ4v) is 2.01. The number of hydrogen-bond acceptors (Lipinski definition) is 3. The van der Waals surface area contributed by atoms with Crippen LogP contribution in [0, 0.1) is 0 Å². The number of nitrogens with one attached hydrogen (secondary N) is 1. The lowest BCUT2D eigenvalue weighted by Gasteiger charge is -2.19. The van der Waals surface area contributed by atoms with Crippen LogP contribution in [0.5, 0.6) is 0 Å². The van der Waals surface area contributed by atoms with Gasteiger partial charge in [-0.05, 0) is 25.5 Å². The van der Waals surface area contributed by atoms with Crippen molar-refractivity contribution in [3.63, 3.8) is 0 Å². The molecule has 1 heterocycles. The van der Waals surface area contributed by atoms with Crippen LogP contribution in [0.4, 0.5) is 8.78 Å². The molecule has 4 nitrogen and oxygen atoms in total. The number of alkyl halides is 2. The van der Waals surface area contributed by atoms with E-state index in [-0.39, 0.29) is 6.04 Å². The van der Waals surface area contributed by atoms with Crippen molar-refractivity contribution in [2.24, 2.45) is 0 Å². The van der Waals surface area contributed by atoms with Crippen molar-refractivity contribution in [2.75, 3.05) is 19.8 Å². The number of hydrogen-bond donors (Lipinski definition) is 1. The molecule has 0 aliphatic carbocycles. The zero-order valence-electron chi connectivity index (χ0n) is 11.6. The minimum Gasteiger partial charge on any atom is -0.375 e. The summed E-state index contributed by atoms with van der Waals surface area (Å²) in [5.74, 6) is 0. The van der Waals surface area contributed by atoms with Gasteiger partial charge in [0, 0.05) is 19.3 Å². The van der Waals surface area contributed by atoms with Crippen LogP contribution in [0.1, 0.15) is 38.4 Å². The number of aryl methyl sites for hydroxylation is 1. The molecule has 1 unspecified atom stereocenters. The van der Waals surface area contributed by atoms with Gasteiger partial charge in [-0.15, -0.1) is 0 Å². The summed E-state index contributed by atoms with van der Waals surface area (Å²) in [5, 5.41) is 7.63. The van der Waals surface area contributed by atoms with Gasteiger partial charge >= 0.3 is 0 Å². The van der Waals surface area contributed by atoms with Gasteiger partial charge in [0.1, 0.15) is 6.61 Å². The van der Waals surface area contributed by atoms with Crippen LogP contribution in [0.15, 0.2) is 12.3 Å². The first-order valence-electron chi connectivity index (χ1n) is 6.80. The molecule has 1 N–H and O–H groups in total. The number of halogens is 2. The van der Waals surface area contributed by atoms with E-state index in [0.29, 0.717) is 13.0 Å². The third-order valence-corrected chi connectivity index (χ3v) is 2.79. The molecule has 110 valence electrons. The lowest BCUT2D eigenvalue weighted by Crippen LogP contribution is -2.25. The largest absolute Gasteiger partial charge is 0.375 e. The molecule has 19 heavy (non-hydrogen) atoms. The summed E-state index contributed by atoms with van der Waals surface area (Å²) in [6.07, 6.45) is 1.05. The van der Waals surface area contributed by atoms with E-state index >= 15 is 0 Å². The molecule has 0 fully saturated rings. The molecule has 1 aromatic rings. The SMILES string of the molecule is CCCn1nccc1C(CCOCC(F)F)NCC. The standard InChI is InChI=1S/C13H23F2N3O/c1-3-8-18-12(5-7-17-18)11(16-4-2)6-9-19-10-13(14)15/h5,7,11,13,16H,3-4,6,8-10H2,1-2H3. The molecule has 0 aliphatic rings.